The molecule has 1 unspecified atom stereocenters. The standard InChI is InChI=1S/C26H55N/c1-5-9-10-11-12-13-14-15-16-17-18-19-20-21-22-23-24-25(6-2)26(27,7-3)8-4/h25H,5-24,27H2,1-4H3. The molecule has 0 aliphatic carbocycles. The van der Waals surface area contributed by atoms with Crippen molar-refractivity contribution in [2.75, 3.05) is 0 Å². The molecule has 0 amide bonds. The van der Waals surface area contributed by atoms with Crippen molar-refractivity contribution in [1.29, 1.82) is 0 Å². The van der Waals surface area contributed by atoms with Gasteiger partial charge in [-0.15, -0.1) is 0 Å². The Hall–Kier alpha value is -0.0400. The van der Waals surface area contributed by atoms with Gasteiger partial charge in [-0.05, 0) is 25.2 Å². The van der Waals surface area contributed by atoms with Gasteiger partial charge in [0.2, 0.25) is 0 Å². The third-order valence-electron chi connectivity index (χ3n) is 7.03. The lowest BCUT2D eigenvalue weighted by atomic mass is 9.76. The quantitative estimate of drug-likeness (QED) is 0.197. The van der Waals surface area contributed by atoms with Crippen molar-refractivity contribution in [3.8, 4) is 0 Å². The van der Waals surface area contributed by atoms with Gasteiger partial charge in [0.05, 0.1) is 0 Å². The Kier molecular flexibility index (Phi) is 19.3. The lowest BCUT2D eigenvalue weighted by molar-refractivity contribution is 0.225. The molecule has 0 aromatic carbocycles. The van der Waals surface area contributed by atoms with Crippen molar-refractivity contribution in [3.63, 3.8) is 0 Å². The van der Waals surface area contributed by atoms with Crippen molar-refractivity contribution in [2.45, 2.75) is 162 Å². The zero-order chi connectivity index (χ0) is 20.2. The molecule has 2 N–H and O–H groups in total. The fraction of sp³-hybridized carbons (Fsp3) is 1.00. The third-order valence-corrected chi connectivity index (χ3v) is 7.03. The highest BCUT2D eigenvalue weighted by molar-refractivity contribution is 4.88. The molecule has 0 aromatic rings. The number of hydrogen-bond donors (Lipinski definition) is 1. The van der Waals surface area contributed by atoms with Crippen LogP contribution in [0.25, 0.3) is 0 Å². The van der Waals surface area contributed by atoms with Gasteiger partial charge in [0.25, 0.3) is 0 Å². The predicted molar refractivity (Wildman–Crippen MR) is 125 cm³/mol. The summed E-state index contributed by atoms with van der Waals surface area (Å²) < 4.78 is 0. The Morgan fingerprint density at radius 1 is 0.519 bits per heavy atom. The van der Waals surface area contributed by atoms with Crippen LogP contribution in [-0.4, -0.2) is 5.54 Å². The molecule has 1 atom stereocenters. The third kappa shape index (κ3) is 14.6. The summed E-state index contributed by atoms with van der Waals surface area (Å²) in [7, 11) is 0. The molecule has 0 fully saturated rings. The van der Waals surface area contributed by atoms with Crippen molar-refractivity contribution < 1.29 is 0 Å². The minimum absolute atomic E-state index is 0.0876. The first-order chi connectivity index (χ1) is 13.1. The highest BCUT2D eigenvalue weighted by Crippen LogP contribution is 2.30. The van der Waals surface area contributed by atoms with E-state index in [9.17, 15) is 0 Å². The van der Waals surface area contributed by atoms with E-state index in [1.54, 1.807) is 0 Å². The summed E-state index contributed by atoms with van der Waals surface area (Å²) in [4.78, 5) is 0. The first-order valence-electron chi connectivity index (χ1n) is 12.9. The molecule has 0 aliphatic rings. The van der Waals surface area contributed by atoms with E-state index in [0.29, 0.717) is 0 Å². The molecule has 0 saturated carbocycles. The molecule has 164 valence electrons. The van der Waals surface area contributed by atoms with Gasteiger partial charge >= 0.3 is 0 Å². The van der Waals surface area contributed by atoms with Crippen LogP contribution in [0, 0.1) is 5.92 Å². The van der Waals surface area contributed by atoms with Gasteiger partial charge < -0.3 is 5.73 Å². The molecule has 0 rings (SSSR count). The molecule has 0 aromatic heterocycles. The normalized spacial score (nSPS) is 13.2. The summed E-state index contributed by atoms with van der Waals surface area (Å²) >= 11 is 0. The van der Waals surface area contributed by atoms with Gasteiger partial charge in [0, 0.05) is 5.54 Å². The van der Waals surface area contributed by atoms with E-state index in [-0.39, 0.29) is 5.54 Å². The summed E-state index contributed by atoms with van der Waals surface area (Å²) in [5.41, 5.74) is 6.71. The Labute approximate surface area is 173 Å². The van der Waals surface area contributed by atoms with Gasteiger partial charge in [-0.2, -0.15) is 0 Å². The van der Waals surface area contributed by atoms with E-state index in [4.69, 9.17) is 5.73 Å². The highest BCUT2D eigenvalue weighted by Gasteiger charge is 2.29. The first kappa shape index (κ1) is 27.0. The van der Waals surface area contributed by atoms with Crippen LogP contribution in [0.3, 0.4) is 0 Å². The fourth-order valence-corrected chi connectivity index (χ4v) is 4.66. The van der Waals surface area contributed by atoms with Crippen molar-refractivity contribution in [1.82, 2.24) is 0 Å². The SMILES string of the molecule is CCCCCCCCCCCCCCCCCCC(CC)C(N)(CC)CC. The van der Waals surface area contributed by atoms with Gasteiger partial charge in [-0.25, -0.2) is 0 Å². The molecule has 0 heterocycles. The van der Waals surface area contributed by atoms with Crippen LogP contribution in [0.1, 0.15) is 156 Å². The summed E-state index contributed by atoms with van der Waals surface area (Å²) in [6, 6.07) is 0. The van der Waals surface area contributed by atoms with Crippen molar-refractivity contribution >= 4 is 0 Å². The Morgan fingerprint density at radius 3 is 1.15 bits per heavy atom. The highest BCUT2D eigenvalue weighted by atomic mass is 14.7. The number of hydrogen-bond acceptors (Lipinski definition) is 1. The number of nitrogens with two attached hydrogens (primary N) is 1. The Bertz CT molecular complexity index is 282. The van der Waals surface area contributed by atoms with E-state index in [0.717, 1.165) is 18.8 Å². The second kappa shape index (κ2) is 19.3. The van der Waals surface area contributed by atoms with Crippen molar-refractivity contribution in [3.05, 3.63) is 0 Å². The van der Waals surface area contributed by atoms with Crippen LogP contribution in [-0.2, 0) is 0 Å². The molecular weight excluding hydrogens is 326 g/mol. The van der Waals surface area contributed by atoms with Gasteiger partial charge in [-0.3, -0.25) is 0 Å². The number of unbranched alkanes of at least 4 members (excludes halogenated alkanes) is 15. The Morgan fingerprint density at radius 2 is 0.852 bits per heavy atom. The van der Waals surface area contributed by atoms with Crippen LogP contribution < -0.4 is 5.73 Å². The van der Waals surface area contributed by atoms with E-state index >= 15 is 0 Å². The summed E-state index contributed by atoms with van der Waals surface area (Å²) in [6.45, 7) is 9.15. The molecule has 0 saturated heterocycles. The first-order valence-corrected chi connectivity index (χ1v) is 12.9. The minimum atomic E-state index is 0.0876. The van der Waals surface area contributed by atoms with Crippen molar-refractivity contribution in [2.24, 2.45) is 11.7 Å². The maximum atomic E-state index is 6.62. The van der Waals surface area contributed by atoms with Crippen LogP contribution in [0.15, 0.2) is 0 Å². The van der Waals surface area contributed by atoms with E-state index in [2.05, 4.69) is 27.7 Å². The van der Waals surface area contributed by atoms with Crippen LogP contribution in [0.2, 0.25) is 0 Å². The monoisotopic (exact) mass is 381 g/mol. The average molecular weight is 382 g/mol. The maximum Gasteiger partial charge on any atom is 0.0177 e. The zero-order valence-electron chi connectivity index (χ0n) is 19.8. The molecular formula is C26H55N. The average Bonchev–Trinajstić information content (AvgIpc) is 2.70. The topological polar surface area (TPSA) is 26.0 Å². The largest absolute Gasteiger partial charge is 0.325 e. The molecule has 27 heavy (non-hydrogen) atoms. The Balaban J connectivity index is 3.36. The fourth-order valence-electron chi connectivity index (χ4n) is 4.66. The van der Waals surface area contributed by atoms with Crippen LogP contribution in [0.4, 0.5) is 0 Å². The molecule has 1 heteroatoms. The smallest absolute Gasteiger partial charge is 0.0177 e. The molecule has 0 bridgehead atoms. The van der Waals surface area contributed by atoms with Gasteiger partial charge in [-0.1, -0.05) is 137 Å². The van der Waals surface area contributed by atoms with Gasteiger partial charge in [0.1, 0.15) is 0 Å². The lowest BCUT2D eigenvalue weighted by Gasteiger charge is -2.36. The molecule has 0 aliphatic heterocycles. The molecule has 1 nitrogen and oxygen atoms in total. The van der Waals surface area contributed by atoms with Crippen LogP contribution in [0.5, 0.6) is 0 Å². The summed E-state index contributed by atoms with van der Waals surface area (Å²) in [6.07, 6.45) is 28.0. The minimum Gasteiger partial charge on any atom is -0.325 e. The molecule has 0 radical (unpaired) electrons. The van der Waals surface area contributed by atoms with Crippen LogP contribution >= 0.6 is 0 Å². The molecule has 0 spiro atoms. The second-order valence-corrected chi connectivity index (χ2v) is 9.14. The second-order valence-electron chi connectivity index (χ2n) is 9.14. The summed E-state index contributed by atoms with van der Waals surface area (Å²) in [5.74, 6) is 0.721. The van der Waals surface area contributed by atoms with E-state index < -0.39 is 0 Å². The summed E-state index contributed by atoms with van der Waals surface area (Å²) in [5, 5.41) is 0. The van der Waals surface area contributed by atoms with Gasteiger partial charge in [0.15, 0.2) is 0 Å². The maximum absolute atomic E-state index is 6.62. The van der Waals surface area contributed by atoms with E-state index in [1.165, 1.54) is 116 Å². The zero-order valence-corrected chi connectivity index (χ0v) is 19.8. The number of rotatable bonds is 21. The van der Waals surface area contributed by atoms with E-state index in [1.807, 2.05) is 0 Å². The predicted octanol–water partition coefficient (Wildman–Crippen LogP) is 9.18. The lowest BCUT2D eigenvalue weighted by Crippen LogP contribution is -2.45.